The van der Waals surface area contributed by atoms with Crippen molar-refractivity contribution in [3.63, 3.8) is 0 Å². The summed E-state index contributed by atoms with van der Waals surface area (Å²) < 4.78 is 15.2. The second-order valence-corrected chi connectivity index (χ2v) is 8.64. The third-order valence-corrected chi connectivity index (χ3v) is 5.74. The third kappa shape index (κ3) is 6.34. The highest BCUT2D eigenvalue weighted by atomic mass is 19.1. The monoisotopic (exact) mass is 488 g/mol. The fourth-order valence-electron chi connectivity index (χ4n) is 3.97. The van der Waals surface area contributed by atoms with Crippen molar-refractivity contribution in [3.8, 4) is 0 Å². The van der Waals surface area contributed by atoms with Crippen molar-refractivity contribution in [2.75, 3.05) is 25.0 Å². The number of likely N-dealkylation sites (N-methyl/N-ethyl adjacent to an activating group) is 1. The maximum absolute atomic E-state index is 13.4. The molecule has 1 aliphatic rings. The SMILES string of the molecule is C=C/C(F)=C\C=C(/C)NC(=C)CN1C(C=O)=C(CN(C)Cc2ccncc2)C(=C)n2nc(CC)cc21. The fraction of sp³-hybridized carbons (Fsp3) is 0.250. The number of carbonyl (C=O) groups excluding carboxylic acids is 1. The van der Waals surface area contributed by atoms with Crippen LogP contribution in [0.3, 0.4) is 0 Å². The molecule has 0 aliphatic carbocycles. The van der Waals surface area contributed by atoms with E-state index in [0.717, 1.165) is 41.4 Å². The maximum Gasteiger partial charge on any atom is 0.166 e. The van der Waals surface area contributed by atoms with E-state index in [4.69, 9.17) is 5.10 Å². The molecule has 2 aromatic rings. The predicted molar refractivity (Wildman–Crippen MR) is 143 cm³/mol. The number of pyridine rings is 1. The molecule has 0 aromatic carbocycles. The van der Waals surface area contributed by atoms with Crippen molar-refractivity contribution in [1.29, 1.82) is 0 Å². The van der Waals surface area contributed by atoms with Crippen molar-refractivity contribution in [1.82, 2.24) is 25.0 Å². The number of nitrogens with zero attached hydrogens (tertiary/aromatic N) is 5. The van der Waals surface area contributed by atoms with Gasteiger partial charge in [-0.2, -0.15) is 5.10 Å². The summed E-state index contributed by atoms with van der Waals surface area (Å²) in [5.41, 5.74) is 5.33. The zero-order chi connectivity index (χ0) is 26.2. The summed E-state index contributed by atoms with van der Waals surface area (Å²) in [6.07, 6.45) is 9.20. The van der Waals surface area contributed by atoms with Crippen molar-refractivity contribution in [2.45, 2.75) is 26.8 Å². The van der Waals surface area contributed by atoms with Crippen LogP contribution in [0.1, 0.15) is 25.1 Å². The minimum atomic E-state index is -0.431. The molecule has 36 heavy (non-hydrogen) atoms. The normalized spacial score (nSPS) is 14.2. The topological polar surface area (TPSA) is 66.3 Å². The molecule has 3 heterocycles. The van der Waals surface area contributed by atoms with Gasteiger partial charge in [-0.1, -0.05) is 26.7 Å². The van der Waals surface area contributed by atoms with E-state index >= 15 is 0 Å². The van der Waals surface area contributed by atoms with Crippen LogP contribution in [0.4, 0.5) is 10.2 Å². The summed E-state index contributed by atoms with van der Waals surface area (Å²) in [4.78, 5) is 20.5. The van der Waals surface area contributed by atoms with Gasteiger partial charge in [-0.3, -0.25) is 14.7 Å². The van der Waals surface area contributed by atoms with E-state index in [-0.39, 0.29) is 0 Å². The Hall–Kier alpha value is -4.04. The molecule has 0 saturated carbocycles. The maximum atomic E-state index is 13.4. The van der Waals surface area contributed by atoms with Crippen LogP contribution in [0.25, 0.3) is 5.70 Å². The number of aryl methyl sites for hydroxylation is 1. The smallest absolute Gasteiger partial charge is 0.166 e. The summed E-state index contributed by atoms with van der Waals surface area (Å²) in [5.74, 6) is 0.320. The summed E-state index contributed by atoms with van der Waals surface area (Å²) in [6, 6.07) is 5.90. The highest BCUT2D eigenvalue weighted by Gasteiger charge is 2.30. The van der Waals surface area contributed by atoms with E-state index < -0.39 is 5.83 Å². The molecule has 188 valence electrons. The van der Waals surface area contributed by atoms with E-state index in [2.05, 4.69) is 34.9 Å². The number of nitrogens with one attached hydrogen (secondary N) is 1. The van der Waals surface area contributed by atoms with Gasteiger partial charge < -0.3 is 10.2 Å². The van der Waals surface area contributed by atoms with Gasteiger partial charge in [-0.25, -0.2) is 9.07 Å². The van der Waals surface area contributed by atoms with Crippen molar-refractivity contribution in [2.24, 2.45) is 0 Å². The number of halogens is 1. The van der Waals surface area contributed by atoms with Gasteiger partial charge in [-0.05, 0) is 56.3 Å². The summed E-state index contributed by atoms with van der Waals surface area (Å²) in [6.45, 7) is 17.1. The Morgan fingerprint density at radius 1 is 1.25 bits per heavy atom. The molecule has 2 aromatic heterocycles. The molecule has 0 radical (unpaired) electrons. The van der Waals surface area contributed by atoms with Crippen LogP contribution in [0.5, 0.6) is 0 Å². The predicted octanol–water partition coefficient (Wildman–Crippen LogP) is 4.76. The van der Waals surface area contributed by atoms with Crippen LogP contribution in [0, 0.1) is 0 Å². The average Bonchev–Trinajstić information content (AvgIpc) is 3.31. The van der Waals surface area contributed by atoms with Crippen LogP contribution in [-0.2, 0) is 17.8 Å². The molecule has 8 heteroatoms. The van der Waals surface area contributed by atoms with Gasteiger partial charge in [0.2, 0.25) is 0 Å². The molecule has 1 N–H and O–H groups in total. The van der Waals surface area contributed by atoms with E-state index in [1.54, 1.807) is 23.2 Å². The van der Waals surface area contributed by atoms with Crippen molar-refractivity contribution >= 4 is 17.8 Å². The number of aldehydes is 1. The first-order valence-electron chi connectivity index (χ1n) is 11.7. The minimum Gasteiger partial charge on any atom is -0.362 e. The number of fused-ring (bicyclic) bond motifs is 1. The van der Waals surface area contributed by atoms with Crippen LogP contribution in [-0.4, -0.2) is 46.1 Å². The molecule has 0 bridgehead atoms. The Kier molecular flexibility index (Phi) is 8.91. The number of hydrogen-bond acceptors (Lipinski definition) is 6. The lowest BCUT2D eigenvalue weighted by Crippen LogP contribution is -2.37. The van der Waals surface area contributed by atoms with Crippen LogP contribution in [0.2, 0.25) is 0 Å². The fourth-order valence-corrected chi connectivity index (χ4v) is 3.97. The van der Waals surface area contributed by atoms with Gasteiger partial charge in [0.05, 0.1) is 23.6 Å². The molecule has 0 amide bonds. The number of hydrogen-bond donors (Lipinski definition) is 1. The molecule has 0 fully saturated rings. The second-order valence-electron chi connectivity index (χ2n) is 8.64. The zero-order valence-corrected chi connectivity index (χ0v) is 21.2. The van der Waals surface area contributed by atoms with Crippen LogP contribution >= 0.6 is 0 Å². The molecule has 3 rings (SSSR count). The van der Waals surface area contributed by atoms with Crippen LogP contribution in [0.15, 0.2) is 97.0 Å². The number of allylic oxidation sites excluding steroid dienone is 6. The molecule has 1 aliphatic heterocycles. The van der Waals surface area contributed by atoms with Gasteiger partial charge in [0.1, 0.15) is 11.6 Å². The Balaban J connectivity index is 1.90. The largest absolute Gasteiger partial charge is 0.362 e. The number of rotatable bonds is 12. The third-order valence-electron chi connectivity index (χ3n) is 5.74. The number of aromatic nitrogens is 3. The molecule has 0 spiro atoms. The van der Waals surface area contributed by atoms with Gasteiger partial charge in [-0.15, -0.1) is 0 Å². The van der Waals surface area contributed by atoms with E-state index in [1.807, 2.05) is 44.0 Å². The van der Waals surface area contributed by atoms with E-state index in [1.165, 1.54) is 6.08 Å². The van der Waals surface area contributed by atoms with Gasteiger partial charge in [0, 0.05) is 48.5 Å². The Bertz CT molecular complexity index is 1240. The molecule has 7 nitrogen and oxygen atoms in total. The summed E-state index contributed by atoms with van der Waals surface area (Å²) in [5, 5.41) is 7.89. The lowest BCUT2D eigenvalue weighted by molar-refractivity contribution is -0.105. The Labute approximate surface area is 212 Å². The van der Waals surface area contributed by atoms with E-state index in [9.17, 15) is 9.18 Å². The number of anilines is 1. The molecule has 0 saturated heterocycles. The van der Waals surface area contributed by atoms with Gasteiger partial charge in [0.25, 0.3) is 0 Å². The standard InChI is InChI=1S/C28H33FN6O/c1-7-24(29)10-9-20(3)31-21(4)16-34-27(19-36)26(18-33(6)17-23-11-13-30-14-12-23)22(5)35-28(34)15-25(8-2)32-35/h7,9-15,19,31H,1,4-5,8,16-18H2,2-3,6H3/b20-9+,24-10+. The first-order chi connectivity index (χ1) is 17.3. The molecular formula is C28H33FN6O. The molecule has 0 atom stereocenters. The Morgan fingerprint density at radius 3 is 2.61 bits per heavy atom. The lowest BCUT2D eigenvalue weighted by atomic mass is 10.1. The summed E-state index contributed by atoms with van der Waals surface area (Å²) >= 11 is 0. The van der Waals surface area contributed by atoms with Gasteiger partial charge >= 0.3 is 0 Å². The highest BCUT2D eigenvalue weighted by Crippen LogP contribution is 2.35. The summed E-state index contributed by atoms with van der Waals surface area (Å²) in [7, 11) is 1.99. The quantitative estimate of drug-likeness (QED) is 0.343. The number of carbonyl (C=O) groups is 1. The lowest BCUT2D eigenvalue weighted by Gasteiger charge is -2.34. The Morgan fingerprint density at radius 2 is 1.97 bits per heavy atom. The second kappa shape index (κ2) is 12.1. The average molecular weight is 489 g/mol. The van der Waals surface area contributed by atoms with Crippen molar-refractivity contribution in [3.05, 3.63) is 108 Å². The molecular weight excluding hydrogens is 455 g/mol. The first-order valence-corrected chi connectivity index (χ1v) is 11.7. The van der Waals surface area contributed by atoms with Crippen LogP contribution < -0.4 is 10.2 Å². The molecule has 0 unspecified atom stereocenters. The van der Waals surface area contributed by atoms with Gasteiger partial charge in [0.15, 0.2) is 6.29 Å². The zero-order valence-electron chi connectivity index (χ0n) is 21.2. The van der Waals surface area contributed by atoms with E-state index in [0.29, 0.717) is 42.4 Å². The first kappa shape index (κ1) is 26.6. The minimum absolute atomic E-state index is 0.312. The van der Waals surface area contributed by atoms with Crippen molar-refractivity contribution < 1.29 is 9.18 Å². The highest BCUT2D eigenvalue weighted by molar-refractivity contribution is 5.90.